The normalized spacial score (nSPS) is 30.4. The summed E-state index contributed by atoms with van der Waals surface area (Å²) in [7, 11) is 0. The molecule has 6 heteroatoms. The van der Waals surface area contributed by atoms with E-state index in [0.29, 0.717) is 32.5 Å². The molecule has 2 atom stereocenters. The third-order valence-electron chi connectivity index (χ3n) is 5.08. The largest absolute Gasteiger partial charge is 0.470 e. The van der Waals surface area contributed by atoms with Gasteiger partial charge in [0.05, 0.1) is 17.9 Å². The fourth-order valence-corrected chi connectivity index (χ4v) is 3.65. The maximum atomic E-state index is 14.2. The molecule has 1 aromatic heterocycles. The van der Waals surface area contributed by atoms with Crippen LogP contribution in [-0.4, -0.2) is 42.0 Å². The first kappa shape index (κ1) is 12.9. The van der Waals surface area contributed by atoms with Gasteiger partial charge in [-0.05, 0) is 19.3 Å². The molecule has 4 rings (SSSR count). The monoisotopic (exact) mass is 292 g/mol. The first-order valence-electron chi connectivity index (χ1n) is 7.40. The van der Waals surface area contributed by atoms with E-state index in [1.165, 1.54) is 6.26 Å². The Kier molecular flexibility index (Phi) is 2.65. The van der Waals surface area contributed by atoms with Crippen LogP contribution in [-0.2, 0) is 9.59 Å². The van der Waals surface area contributed by atoms with Crippen LogP contribution in [0.4, 0.5) is 10.1 Å². The number of anilines is 1. The number of carbonyl (C=O) groups is 2. The molecule has 0 aromatic carbocycles. The number of fused-ring (bicyclic) bond motifs is 1. The first-order chi connectivity index (χ1) is 10.1. The van der Waals surface area contributed by atoms with E-state index >= 15 is 0 Å². The average Bonchev–Trinajstić information content (AvgIpc) is 3.12. The van der Waals surface area contributed by atoms with Crippen molar-refractivity contribution in [2.24, 2.45) is 11.8 Å². The minimum atomic E-state index is -1.66. The van der Waals surface area contributed by atoms with Crippen LogP contribution >= 0.6 is 0 Å². The SMILES string of the molecule is O=C1[C@H]2CN(C(=O)C3(F)CCC3)C[C@H]2CN1c1ccoc1. The molecule has 112 valence electrons. The Hall–Kier alpha value is -1.85. The summed E-state index contributed by atoms with van der Waals surface area (Å²) < 4.78 is 19.2. The van der Waals surface area contributed by atoms with E-state index in [4.69, 9.17) is 4.42 Å². The lowest BCUT2D eigenvalue weighted by Crippen LogP contribution is -2.50. The second-order valence-electron chi connectivity index (χ2n) is 6.33. The summed E-state index contributed by atoms with van der Waals surface area (Å²) in [6.07, 6.45) is 4.51. The average molecular weight is 292 g/mol. The van der Waals surface area contributed by atoms with Gasteiger partial charge in [-0.25, -0.2) is 4.39 Å². The predicted octanol–water partition coefficient (Wildman–Crippen LogP) is 1.59. The second-order valence-corrected chi connectivity index (χ2v) is 6.33. The number of alkyl halides is 1. The number of carbonyl (C=O) groups excluding carboxylic acids is 2. The van der Waals surface area contributed by atoms with Crippen LogP contribution in [0, 0.1) is 11.8 Å². The lowest BCUT2D eigenvalue weighted by molar-refractivity contribution is -0.149. The van der Waals surface area contributed by atoms with Crippen LogP contribution in [0.25, 0.3) is 0 Å². The van der Waals surface area contributed by atoms with E-state index in [-0.39, 0.29) is 17.7 Å². The van der Waals surface area contributed by atoms with E-state index < -0.39 is 11.6 Å². The van der Waals surface area contributed by atoms with E-state index in [9.17, 15) is 14.0 Å². The fraction of sp³-hybridized carbons (Fsp3) is 0.600. The number of furan rings is 1. The second kappa shape index (κ2) is 4.32. The number of likely N-dealkylation sites (tertiary alicyclic amines) is 1. The van der Waals surface area contributed by atoms with Crippen molar-refractivity contribution >= 4 is 17.5 Å². The van der Waals surface area contributed by atoms with E-state index in [0.717, 1.165) is 12.1 Å². The number of rotatable bonds is 2. The van der Waals surface area contributed by atoms with E-state index in [1.807, 2.05) is 0 Å². The van der Waals surface area contributed by atoms with Gasteiger partial charge in [0.25, 0.3) is 5.91 Å². The van der Waals surface area contributed by atoms with Crippen molar-refractivity contribution in [3.63, 3.8) is 0 Å². The zero-order valence-electron chi connectivity index (χ0n) is 11.6. The highest BCUT2D eigenvalue weighted by Crippen LogP contribution is 2.41. The summed E-state index contributed by atoms with van der Waals surface area (Å²) in [6, 6.07) is 1.76. The lowest BCUT2D eigenvalue weighted by Gasteiger charge is -2.36. The van der Waals surface area contributed by atoms with Gasteiger partial charge in [0.15, 0.2) is 5.67 Å². The van der Waals surface area contributed by atoms with Gasteiger partial charge in [0.1, 0.15) is 6.26 Å². The van der Waals surface area contributed by atoms with Gasteiger partial charge in [0, 0.05) is 31.6 Å². The molecule has 21 heavy (non-hydrogen) atoms. The quantitative estimate of drug-likeness (QED) is 0.832. The molecule has 0 bridgehead atoms. The van der Waals surface area contributed by atoms with Crippen molar-refractivity contribution in [1.29, 1.82) is 0 Å². The van der Waals surface area contributed by atoms with Gasteiger partial charge in [-0.3, -0.25) is 9.59 Å². The van der Waals surface area contributed by atoms with E-state index in [2.05, 4.69) is 0 Å². The minimum Gasteiger partial charge on any atom is -0.470 e. The third kappa shape index (κ3) is 1.81. The molecule has 1 aromatic rings. The highest BCUT2D eigenvalue weighted by molar-refractivity contribution is 5.98. The Labute approximate surface area is 121 Å². The topological polar surface area (TPSA) is 53.8 Å². The van der Waals surface area contributed by atoms with Gasteiger partial charge >= 0.3 is 0 Å². The van der Waals surface area contributed by atoms with Crippen LogP contribution < -0.4 is 4.90 Å². The Morgan fingerprint density at radius 2 is 2.14 bits per heavy atom. The molecule has 3 fully saturated rings. The van der Waals surface area contributed by atoms with Gasteiger partial charge in [-0.2, -0.15) is 0 Å². The van der Waals surface area contributed by atoms with Crippen LogP contribution in [0.15, 0.2) is 23.0 Å². The Morgan fingerprint density at radius 1 is 1.33 bits per heavy atom. The Morgan fingerprint density at radius 3 is 2.71 bits per heavy atom. The number of halogens is 1. The van der Waals surface area contributed by atoms with Crippen LogP contribution in [0.1, 0.15) is 19.3 Å². The zero-order chi connectivity index (χ0) is 14.6. The molecule has 2 aliphatic heterocycles. The summed E-state index contributed by atoms with van der Waals surface area (Å²) in [6.45, 7) is 1.41. The molecule has 3 heterocycles. The molecule has 0 spiro atoms. The first-order valence-corrected chi connectivity index (χ1v) is 7.40. The summed E-state index contributed by atoms with van der Waals surface area (Å²) in [5.41, 5.74) is -0.903. The molecule has 2 amide bonds. The van der Waals surface area contributed by atoms with Crippen molar-refractivity contribution in [2.45, 2.75) is 24.9 Å². The minimum absolute atomic E-state index is 0.0122. The lowest BCUT2D eigenvalue weighted by atomic mass is 9.81. The van der Waals surface area contributed by atoms with Gasteiger partial charge < -0.3 is 14.2 Å². The molecule has 0 N–H and O–H groups in total. The third-order valence-corrected chi connectivity index (χ3v) is 5.08. The van der Waals surface area contributed by atoms with Crippen molar-refractivity contribution in [1.82, 2.24) is 4.90 Å². The van der Waals surface area contributed by atoms with Gasteiger partial charge in [0.2, 0.25) is 5.91 Å². The van der Waals surface area contributed by atoms with Crippen LogP contribution in [0.3, 0.4) is 0 Å². The van der Waals surface area contributed by atoms with Crippen molar-refractivity contribution in [3.05, 3.63) is 18.6 Å². The Bertz CT molecular complexity index is 582. The fourth-order valence-electron chi connectivity index (χ4n) is 3.65. The Balaban J connectivity index is 1.47. The zero-order valence-corrected chi connectivity index (χ0v) is 11.6. The summed E-state index contributed by atoms with van der Waals surface area (Å²) >= 11 is 0. The predicted molar refractivity (Wildman–Crippen MR) is 72.3 cm³/mol. The van der Waals surface area contributed by atoms with Gasteiger partial charge in [-0.15, -0.1) is 0 Å². The summed E-state index contributed by atoms with van der Waals surface area (Å²) in [4.78, 5) is 27.9. The smallest absolute Gasteiger partial charge is 0.260 e. The number of amides is 2. The molecule has 3 aliphatic rings. The molecule has 2 saturated heterocycles. The number of nitrogens with zero attached hydrogens (tertiary/aromatic N) is 2. The van der Waals surface area contributed by atoms with Crippen molar-refractivity contribution < 1.29 is 18.4 Å². The van der Waals surface area contributed by atoms with Gasteiger partial charge in [-0.1, -0.05) is 0 Å². The van der Waals surface area contributed by atoms with Crippen molar-refractivity contribution in [3.8, 4) is 0 Å². The molecule has 1 aliphatic carbocycles. The summed E-state index contributed by atoms with van der Waals surface area (Å²) in [5, 5.41) is 0. The molecule has 5 nitrogen and oxygen atoms in total. The van der Waals surface area contributed by atoms with Crippen LogP contribution in [0.5, 0.6) is 0 Å². The highest BCUT2D eigenvalue weighted by Gasteiger charge is 2.53. The van der Waals surface area contributed by atoms with Crippen molar-refractivity contribution in [2.75, 3.05) is 24.5 Å². The molecular formula is C15H17FN2O3. The standard InChI is InChI=1S/C15H17FN2O3/c16-15(3-1-4-15)14(20)17-6-10-7-18(11-2-5-21-9-11)13(19)12(10)8-17/h2,5,9-10,12H,1,3-4,6-8H2/t10-,12-/m0/s1. The molecule has 1 saturated carbocycles. The number of hydrogen-bond donors (Lipinski definition) is 0. The maximum absolute atomic E-state index is 14.2. The number of hydrogen-bond acceptors (Lipinski definition) is 3. The summed E-state index contributed by atoms with van der Waals surface area (Å²) in [5.74, 6) is -0.503. The van der Waals surface area contributed by atoms with Crippen LogP contribution in [0.2, 0.25) is 0 Å². The molecule has 0 unspecified atom stereocenters. The highest BCUT2D eigenvalue weighted by atomic mass is 19.1. The molecule has 0 radical (unpaired) electrons. The van der Waals surface area contributed by atoms with E-state index in [1.54, 1.807) is 22.1 Å². The molecular weight excluding hydrogens is 275 g/mol. The maximum Gasteiger partial charge on any atom is 0.260 e.